The first-order valence-corrected chi connectivity index (χ1v) is 6.18. The molecule has 3 N–H and O–H groups in total. The van der Waals surface area contributed by atoms with Gasteiger partial charge >= 0.3 is 0 Å². The van der Waals surface area contributed by atoms with Crippen LogP contribution in [0.25, 0.3) is 0 Å². The predicted octanol–water partition coefficient (Wildman–Crippen LogP) is 2.69. The highest BCUT2D eigenvalue weighted by Crippen LogP contribution is 2.39. The average molecular weight is 210 g/mol. The Bertz CT molecular complexity index is 271. The van der Waals surface area contributed by atoms with Crippen LogP contribution in [-0.4, -0.2) is 0 Å². The maximum Gasteiger partial charge on any atom is 0.0581 e. The van der Waals surface area contributed by atoms with Gasteiger partial charge in [-0.25, -0.2) is 0 Å². The van der Waals surface area contributed by atoms with Gasteiger partial charge in [0.2, 0.25) is 0 Å². The van der Waals surface area contributed by atoms with Gasteiger partial charge in [0, 0.05) is 4.88 Å². The van der Waals surface area contributed by atoms with Crippen molar-refractivity contribution in [1.82, 2.24) is 5.43 Å². The van der Waals surface area contributed by atoms with Crippen molar-refractivity contribution in [2.45, 2.75) is 32.2 Å². The smallest absolute Gasteiger partial charge is 0.0581 e. The molecule has 0 radical (unpaired) electrons. The number of hydrogen-bond donors (Lipinski definition) is 2. The number of rotatable bonds is 3. The molecule has 2 nitrogen and oxygen atoms in total. The van der Waals surface area contributed by atoms with Gasteiger partial charge in [0.1, 0.15) is 0 Å². The molecular weight excluding hydrogens is 192 g/mol. The molecule has 3 unspecified atom stereocenters. The first-order valence-electron chi connectivity index (χ1n) is 5.30. The molecule has 0 aromatic carbocycles. The van der Waals surface area contributed by atoms with Crippen LogP contribution in [0.2, 0.25) is 0 Å². The molecule has 3 heteroatoms. The highest BCUT2D eigenvalue weighted by Gasteiger charge is 2.29. The van der Waals surface area contributed by atoms with E-state index in [4.69, 9.17) is 5.84 Å². The fourth-order valence-corrected chi connectivity index (χ4v) is 3.35. The number of hydrazine groups is 1. The summed E-state index contributed by atoms with van der Waals surface area (Å²) in [6.45, 7) is 2.34. The zero-order valence-corrected chi connectivity index (χ0v) is 9.39. The van der Waals surface area contributed by atoms with Crippen LogP contribution in [0.3, 0.4) is 0 Å². The lowest BCUT2D eigenvalue weighted by Gasteiger charge is -2.21. The van der Waals surface area contributed by atoms with Crippen LogP contribution in [0.5, 0.6) is 0 Å². The van der Waals surface area contributed by atoms with Gasteiger partial charge in [0.25, 0.3) is 0 Å². The minimum Gasteiger partial charge on any atom is -0.271 e. The van der Waals surface area contributed by atoms with Gasteiger partial charge in [0.05, 0.1) is 6.04 Å². The number of nitrogens with one attached hydrogen (secondary N) is 1. The second-order valence-corrected chi connectivity index (χ2v) is 5.32. The van der Waals surface area contributed by atoms with Crippen molar-refractivity contribution in [3.8, 4) is 0 Å². The summed E-state index contributed by atoms with van der Waals surface area (Å²) in [5.41, 5.74) is 2.98. The van der Waals surface area contributed by atoms with E-state index in [0.717, 1.165) is 11.8 Å². The van der Waals surface area contributed by atoms with E-state index in [1.807, 2.05) is 0 Å². The first-order chi connectivity index (χ1) is 6.81. The second-order valence-electron chi connectivity index (χ2n) is 4.34. The van der Waals surface area contributed by atoms with Crippen molar-refractivity contribution in [2.24, 2.45) is 17.7 Å². The predicted molar refractivity (Wildman–Crippen MR) is 60.9 cm³/mol. The molecule has 1 aliphatic carbocycles. The highest BCUT2D eigenvalue weighted by molar-refractivity contribution is 7.10. The summed E-state index contributed by atoms with van der Waals surface area (Å²) < 4.78 is 0. The Kier molecular flexibility index (Phi) is 3.21. The molecule has 1 aromatic heterocycles. The van der Waals surface area contributed by atoms with Crippen molar-refractivity contribution < 1.29 is 0 Å². The molecule has 2 rings (SSSR count). The van der Waals surface area contributed by atoms with Gasteiger partial charge in [-0.15, -0.1) is 11.3 Å². The summed E-state index contributed by atoms with van der Waals surface area (Å²) in [4.78, 5) is 1.38. The van der Waals surface area contributed by atoms with Crippen LogP contribution >= 0.6 is 11.3 Å². The van der Waals surface area contributed by atoms with Gasteiger partial charge in [-0.05, 0) is 36.1 Å². The van der Waals surface area contributed by atoms with Gasteiger partial charge < -0.3 is 0 Å². The minimum absolute atomic E-state index is 0.375. The molecule has 1 saturated carbocycles. The third-order valence-electron chi connectivity index (χ3n) is 3.24. The maximum atomic E-state index is 5.65. The van der Waals surface area contributed by atoms with E-state index in [1.54, 1.807) is 11.3 Å². The Morgan fingerprint density at radius 3 is 2.93 bits per heavy atom. The fraction of sp³-hybridized carbons (Fsp3) is 0.636. The Balaban J connectivity index is 2.07. The number of nitrogens with two attached hydrogens (primary N) is 1. The Morgan fingerprint density at radius 1 is 1.57 bits per heavy atom. The molecule has 0 amide bonds. The van der Waals surface area contributed by atoms with Crippen LogP contribution in [0.4, 0.5) is 0 Å². The standard InChI is InChI=1S/C11H18N2S/c1-8-4-5-9(7-8)11(13-12)10-3-2-6-14-10/h2-3,6,8-9,11,13H,4-5,7,12H2,1H3. The summed E-state index contributed by atoms with van der Waals surface area (Å²) in [5, 5.41) is 2.12. The number of hydrogen-bond acceptors (Lipinski definition) is 3. The van der Waals surface area contributed by atoms with E-state index >= 15 is 0 Å². The first kappa shape index (κ1) is 10.1. The Labute approximate surface area is 89.5 Å². The molecule has 0 bridgehead atoms. The highest BCUT2D eigenvalue weighted by atomic mass is 32.1. The molecular formula is C11H18N2S. The van der Waals surface area contributed by atoms with Gasteiger partial charge in [-0.2, -0.15) is 0 Å². The average Bonchev–Trinajstić information content (AvgIpc) is 2.79. The van der Waals surface area contributed by atoms with Crippen LogP contribution in [0.15, 0.2) is 17.5 Å². The third kappa shape index (κ3) is 2.00. The van der Waals surface area contributed by atoms with E-state index < -0.39 is 0 Å². The molecule has 0 saturated heterocycles. The minimum atomic E-state index is 0.375. The zero-order valence-electron chi connectivity index (χ0n) is 8.57. The second kappa shape index (κ2) is 4.43. The quantitative estimate of drug-likeness (QED) is 0.594. The van der Waals surface area contributed by atoms with E-state index in [9.17, 15) is 0 Å². The number of thiophene rings is 1. The largest absolute Gasteiger partial charge is 0.271 e. The maximum absolute atomic E-state index is 5.65. The third-order valence-corrected chi connectivity index (χ3v) is 4.19. The van der Waals surface area contributed by atoms with E-state index in [2.05, 4.69) is 29.9 Å². The van der Waals surface area contributed by atoms with Gasteiger partial charge in [0.15, 0.2) is 0 Å². The molecule has 14 heavy (non-hydrogen) atoms. The van der Waals surface area contributed by atoms with Gasteiger partial charge in [-0.3, -0.25) is 11.3 Å². The summed E-state index contributed by atoms with van der Waals surface area (Å²) in [6.07, 6.45) is 3.98. The molecule has 1 aliphatic rings. The van der Waals surface area contributed by atoms with Crippen LogP contribution in [0, 0.1) is 11.8 Å². The van der Waals surface area contributed by atoms with Crippen molar-refractivity contribution in [3.05, 3.63) is 22.4 Å². The summed E-state index contributed by atoms with van der Waals surface area (Å²) >= 11 is 1.80. The van der Waals surface area contributed by atoms with Crippen molar-refractivity contribution in [3.63, 3.8) is 0 Å². The lowest BCUT2D eigenvalue weighted by molar-refractivity contribution is 0.369. The fourth-order valence-electron chi connectivity index (χ4n) is 2.47. The monoisotopic (exact) mass is 210 g/mol. The Hall–Kier alpha value is -0.380. The lowest BCUT2D eigenvalue weighted by Crippen LogP contribution is -2.32. The summed E-state index contributed by atoms with van der Waals surface area (Å²) in [7, 11) is 0. The normalized spacial score (nSPS) is 29.3. The van der Waals surface area contributed by atoms with Crippen LogP contribution in [0.1, 0.15) is 37.1 Å². The van der Waals surface area contributed by atoms with Crippen LogP contribution < -0.4 is 11.3 Å². The van der Waals surface area contributed by atoms with E-state index in [0.29, 0.717) is 6.04 Å². The molecule has 1 heterocycles. The summed E-state index contributed by atoms with van der Waals surface area (Å²) in [6, 6.07) is 4.65. The molecule has 1 fully saturated rings. The van der Waals surface area contributed by atoms with Crippen molar-refractivity contribution >= 4 is 11.3 Å². The van der Waals surface area contributed by atoms with E-state index in [-0.39, 0.29) is 0 Å². The van der Waals surface area contributed by atoms with Crippen molar-refractivity contribution in [2.75, 3.05) is 0 Å². The lowest BCUT2D eigenvalue weighted by atomic mass is 9.96. The molecule has 0 spiro atoms. The van der Waals surface area contributed by atoms with Crippen LogP contribution in [-0.2, 0) is 0 Å². The molecule has 3 atom stereocenters. The molecule has 0 aliphatic heterocycles. The molecule has 1 aromatic rings. The van der Waals surface area contributed by atoms with Gasteiger partial charge in [-0.1, -0.05) is 19.4 Å². The van der Waals surface area contributed by atoms with Crippen molar-refractivity contribution in [1.29, 1.82) is 0 Å². The molecule has 78 valence electrons. The summed E-state index contributed by atoms with van der Waals surface area (Å²) in [5.74, 6) is 7.25. The topological polar surface area (TPSA) is 38.0 Å². The Morgan fingerprint density at radius 2 is 2.43 bits per heavy atom. The SMILES string of the molecule is CC1CCC(C(NN)c2cccs2)C1. The zero-order chi connectivity index (χ0) is 9.97. The van der Waals surface area contributed by atoms with E-state index in [1.165, 1.54) is 24.1 Å².